The Morgan fingerprint density at radius 1 is 1.28 bits per heavy atom. The third-order valence-electron chi connectivity index (χ3n) is 3.10. The summed E-state index contributed by atoms with van der Waals surface area (Å²) >= 11 is 0. The van der Waals surface area contributed by atoms with E-state index in [1.165, 1.54) is 0 Å². The molecule has 0 heterocycles. The van der Waals surface area contributed by atoms with Crippen LogP contribution in [-0.4, -0.2) is 19.0 Å². The molecule has 1 amide bonds. The zero-order valence-corrected chi connectivity index (χ0v) is 9.60. The van der Waals surface area contributed by atoms with E-state index in [2.05, 4.69) is 5.32 Å². The van der Waals surface area contributed by atoms with E-state index in [-0.39, 0.29) is 18.7 Å². The normalized spacial score (nSPS) is 16.4. The van der Waals surface area contributed by atoms with Crippen molar-refractivity contribution in [2.75, 3.05) is 13.1 Å². The second kappa shape index (κ2) is 4.61. The molecule has 1 aliphatic rings. The minimum atomic E-state index is -1.20. The highest BCUT2D eigenvalue weighted by Crippen LogP contribution is 2.50. The van der Waals surface area contributed by atoms with Gasteiger partial charge < -0.3 is 11.1 Å². The predicted molar refractivity (Wildman–Crippen MR) is 59.3 cm³/mol. The van der Waals surface area contributed by atoms with E-state index in [1.807, 2.05) is 0 Å². The summed E-state index contributed by atoms with van der Waals surface area (Å²) < 4.78 is 40.1. The van der Waals surface area contributed by atoms with Gasteiger partial charge in [0.05, 0.1) is 5.41 Å². The van der Waals surface area contributed by atoms with Crippen LogP contribution < -0.4 is 11.1 Å². The van der Waals surface area contributed by atoms with E-state index >= 15 is 0 Å². The molecule has 1 aliphatic carbocycles. The summed E-state index contributed by atoms with van der Waals surface area (Å²) in [5, 5.41) is 2.51. The van der Waals surface area contributed by atoms with Crippen LogP contribution >= 0.6 is 0 Å². The lowest BCUT2D eigenvalue weighted by Gasteiger charge is -2.17. The van der Waals surface area contributed by atoms with Crippen molar-refractivity contribution in [3.8, 4) is 0 Å². The van der Waals surface area contributed by atoms with Gasteiger partial charge in [-0.05, 0) is 12.8 Å². The van der Waals surface area contributed by atoms with Crippen LogP contribution in [0.4, 0.5) is 13.2 Å². The summed E-state index contributed by atoms with van der Waals surface area (Å²) in [6.07, 6.45) is 0.700. The fourth-order valence-electron chi connectivity index (χ4n) is 2.07. The van der Waals surface area contributed by atoms with Crippen LogP contribution in [0, 0.1) is 17.5 Å². The summed E-state index contributed by atoms with van der Waals surface area (Å²) in [5.74, 6) is -3.50. The number of nitrogens with one attached hydrogen (secondary N) is 1. The molecular weight excluding hydrogens is 245 g/mol. The van der Waals surface area contributed by atoms with E-state index in [0.29, 0.717) is 25.0 Å². The van der Waals surface area contributed by atoms with E-state index < -0.39 is 28.8 Å². The Morgan fingerprint density at radius 3 is 2.28 bits per heavy atom. The Morgan fingerprint density at radius 2 is 1.83 bits per heavy atom. The first kappa shape index (κ1) is 12.9. The van der Waals surface area contributed by atoms with Crippen LogP contribution in [-0.2, 0) is 10.2 Å². The highest BCUT2D eigenvalue weighted by molar-refractivity contribution is 5.91. The summed E-state index contributed by atoms with van der Waals surface area (Å²) in [6, 6.07) is 1.18. The second-order valence-corrected chi connectivity index (χ2v) is 4.37. The van der Waals surface area contributed by atoms with Crippen LogP contribution in [0.1, 0.15) is 18.4 Å². The van der Waals surface area contributed by atoms with Crippen molar-refractivity contribution < 1.29 is 18.0 Å². The van der Waals surface area contributed by atoms with Crippen LogP contribution in [0.15, 0.2) is 12.1 Å². The highest BCUT2D eigenvalue weighted by Gasteiger charge is 2.54. The minimum absolute atomic E-state index is 0.241. The molecule has 0 saturated heterocycles. The molecule has 1 aromatic rings. The van der Waals surface area contributed by atoms with Crippen LogP contribution in [0.25, 0.3) is 0 Å². The van der Waals surface area contributed by atoms with Crippen LogP contribution in [0.2, 0.25) is 0 Å². The molecule has 2 rings (SSSR count). The number of amides is 1. The average Bonchev–Trinajstić information content (AvgIpc) is 3.06. The first-order chi connectivity index (χ1) is 8.51. The van der Waals surface area contributed by atoms with Gasteiger partial charge in [0.15, 0.2) is 0 Å². The molecule has 0 aromatic heterocycles. The van der Waals surface area contributed by atoms with Crippen LogP contribution in [0.5, 0.6) is 0 Å². The molecule has 18 heavy (non-hydrogen) atoms. The van der Waals surface area contributed by atoms with Gasteiger partial charge >= 0.3 is 0 Å². The Balaban J connectivity index is 2.34. The van der Waals surface area contributed by atoms with Gasteiger partial charge in [-0.1, -0.05) is 0 Å². The van der Waals surface area contributed by atoms with Crippen molar-refractivity contribution in [3.05, 3.63) is 35.1 Å². The molecule has 6 heteroatoms. The quantitative estimate of drug-likeness (QED) is 0.853. The molecule has 0 unspecified atom stereocenters. The van der Waals surface area contributed by atoms with Gasteiger partial charge in [0.25, 0.3) is 0 Å². The van der Waals surface area contributed by atoms with E-state index in [0.717, 1.165) is 0 Å². The number of hydrogen-bond donors (Lipinski definition) is 2. The van der Waals surface area contributed by atoms with Gasteiger partial charge in [0.2, 0.25) is 5.91 Å². The average molecular weight is 258 g/mol. The highest BCUT2D eigenvalue weighted by atomic mass is 19.1. The molecule has 0 spiro atoms. The van der Waals surface area contributed by atoms with Crippen molar-refractivity contribution in [3.63, 3.8) is 0 Å². The maximum atomic E-state index is 13.6. The number of carbonyl (C=O) groups excluding carboxylic acids is 1. The second-order valence-electron chi connectivity index (χ2n) is 4.37. The Hall–Kier alpha value is -1.56. The maximum absolute atomic E-state index is 13.6. The molecule has 0 bridgehead atoms. The largest absolute Gasteiger partial charge is 0.354 e. The topological polar surface area (TPSA) is 55.1 Å². The fraction of sp³-hybridized carbons (Fsp3) is 0.417. The molecule has 1 aromatic carbocycles. The van der Waals surface area contributed by atoms with Crippen molar-refractivity contribution in [1.29, 1.82) is 0 Å². The standard InChI is InChI=1S/C12H13F3N2O/c13-7-5-8(14)10(9(15)6-7)12(1-2-12)11(18)17-4-3-16/h5-6H,1-4,16H2,(H,17,18). The van der Waals surface area contributed by atoms with Crippen molar-refractivity contribution in [2.24, 2.45) is 5.73 Å². The van der Waals surface area contributed by atoms with Crippen molar-refractivity contribution in [1.82, 2.24) is 5.32 Å². The van der Waals surface area contributed by atoms with Gasteiger partial charge in [0, 0.05) is 30.8 Å². The van der Waals surface area contributed by atoms with E-state index in [9.17, 15) is 18.0 Å². The molecule has 3 N–H and O–H groups in total. The SMILES string of the molecule is NCCNC(=O)C1(c2c(F)cc(F)cc2F)CC1. The monoisotopic (exact) mass is 258 g/mol. The molecule has 0 aliphatic heterocycles. The number of halogens is 3. The Kier molecular flexibility index (Phi) is 3.30. The van der Waals surface area contributed by atoms with Gasteiger partial charge in [-0.15, -0.1) is 0 Å². The molecule has 1 saturated carbocycles. The third-order valence-corrected chi connectivity index (χ3v) is 3.10. The van der Waals surface area contributed by atoms with Crippen molar-refractivity contribution in [2.45, 2.75) is 18.3 Å². The van der Waals surface area contributed by atoms with Crippen LogP contribution in [0.3, 0.4) is 0 Å². The van der Waals surface area contributed by atoms with Gasteiger partial charge in [-0.3, -0.25) is 4.79 Å². The smallest absolute Gasteiger partial charge is 0.230 e. The molecular formula is C12H13F3N2O. The molecule has 0 radical (unpaired) electrons. The Bertz CT molecular complexity index is 463. The molecule has 1 fully saturated rings. The zero-order valence-electron chi connectivity index (χ0n) is 9.60. The maximum Gasteiger partial charge on any atom is 0.230 e. The van der Waals surface area contributed by atoms with E-state index in [4.69, 9.17) is 5.73 Å². The lowest BCUT2D eigenvalue weighted by atomic mass is 9.93. The molecule has 0 atom stereocenters. The lowest BCUT2D eigenvalue weighted by Crippen LogP contribution is -2.38. The predicted octanol–water partition coefficient (Wildman–Crippen LogP) is 1.21. The van der Waals surface area contributed by atoms with E-state index in [1.54, 1.807) is 0 Å². The number of nitrogens with two attached hydrogens (primary N) is 1. The lowest BCUT2D eigenvalue weighted by molar-refractivity contribution is -0.123. The summed E-state index contributed by atoms with van der Waals surface area (Å²) in [6.45, 7) is 0.487. The minimum Gasteiger partial charge on any atom is -0.354 e. The molecule has 98 valence electrons. The Labute approximate surface area is 102 Å². The van der Waals surface area contributed by atoms with Gasteiger partial charge in [-0.2, -0.15) is 0 Å². The summed E-state index contributed by atoms with van der Waals surface area (Å²) in [4.78, 5) is 11.9. The zero-order chi connectivity index (χ0) is 13.3. The summed E-state index contributed by atoms with van der Waals surface area (Å²) in [7, 11) is 0. The first-order valence-electron chi connectivity index (χ1n) is 5.64. The number of benzene rings is 1. The molecule has 3 nitrogen and oxygen atoms in total. The van der Waals surface area contributed by atoms with Crippen molar-refractivity contribution >= 4 is 5.91 Å². The number of carbonyl (C=O) groups is 1. The summed E-state index contributed by atoms with van der Waals surface area (Å²) in [5.41, 5.74) is 3.70. The van der Waals surface area contributed by atoms with Gasteiger partial charge in [-0.25, -0.2) is 13.2 Å². The number of rotatable bonds is 4. The number of hydrogen-bond acceptors (Lipinski definition) is 2. The fourth-order valence-corrected chi connectivity index (χ4v) is 2.07. The third kappa shape index (κ3) is 2.08. The van der Waals surface area contributed by atoms with Gasteiger partial charge in [0.1, 0.15) is 17.5 Å². The first-order valence-corrected chi connectivity index (χ1v) is 5.64.